The van der Waals surface area contributed by atoms with Gasteiger partial charge in [0.1, 0.15) is 0 Å². The molecule has 2 heterocycles. The molecular weight excluding hydrogens is 174 g/mol. The number of fused-ring (bicyclic) bond motifs is 1. The highest BCUT2D eigenvalue weighted by Gasteiger charge is 2.12. The van der Waals surface area contributed by atoms with E-state index in [2.05, 4.69) is 9.97 Å². The number of carbonyl (C=O) groups is 1. The molecule has 6 heteroatoms. The summed E-state index contributed by atoms with van der Waals surface area (Å²) in [7, 11) is 0. The number of nitrogens with one attached hydrogen (secondary N) is 1. The van der Waals surface area contributed by atoms with Gasteiger partial charge in [-0.1, -0.05) is 0 Å². The first-order valence-corrected chi connectivity index (χ1v) is 3.48. The van der Waals surface area contributed by atoms with Gasteiger partial charge in [-0.2, -0.15) is 0 Å². The van der Waals surface area contributed by atoms with Crippen molar-refractivity contribution in [1.29, 1.82) is 0 Å². The molecule has 0 aliphatic heterocycles. The molecule has 0 amide bonds. The molecule has 2 N–H and O–H groups in total. The molecule has 0 atom stereocenters. The third-order valence-corrected chi connectivity index (χ3v) is 1.68. The van der Waals surface area contributed by atoms with Gasteiger partial charge in [0.2, 0.25) is 0 Å². The zero-order valence-electron chi connectivity index (χ0n) is 6.39. The van der Waals surface area contributed by atoms with Crippen molar-refractivity contribution in [2.75, 3.05) is 0 Å². The lowest BCUT2D eigenvalue weighted by molar-refractivity contribution is 0.0693. The lowest BCUT2D eigenvalue weighted by atomic mass is 10.4. The molecule has 2 rings (SSSR count). The van der Waals surface area contributed by atoms with Crippen LogP contribution in [0.2, 0.25) is 0 Å². The molecule has 0 saturated heterocycles. The van der Waals surface area contributed by atoms with E-state index in [4.69, 9.17) is 5.11 Å². The maximum atomic E-state index is 11.1. The zero-order chi connectivity index (χ0) is 9.42. The van der Waals surface area contributed by atoms with E-state index < -0.39 is 11.7 Å². The van der Waals surface area contributed by atoms with Crippen LogP contribution < -0.4 is 5.69 Å². The Kier molecular flexibility index (Phi) is 1.42. The van der Waals surface area contributed by atoms with E-state index in [9.17, 15) is 9.59 Å². The summed E-state index contributed by atoms with van der Waals surface area (Å²) in [5.74, 6) is -1.17. The Morgan fingerprint density at radius 2 is 2.38 bits per heavy atom. The fraction of sp³-hybridized carbons (Fsp3) is 0. The second-order valence-electron chi connectivity index (χ2n) is 2.44. The van der Waals surface area contributed by atoms with Crippen molar-refractivity contribution < 1.29 is 9.90 Å². The van der Waals surface area contributed by atoms with Crippen LogP contribution in [0.4, 0.5) is 0 Å². The second kappa shape index (κ2) is 2.44. The first kappa shape index (κ1) is 7.53. The van der Waals surface area contributed by atoms with E-state index in [1.165, 1.54) is 23.0 Å². The first-order chi connectivity index (χ1) is 6.20. The molecule has 0 aliphatic rings. The normalized spacial score (nSPS) is 10.5. The van der Waals surface area contributed by atoms with Gasteiger partial charge in [0.05, 0.1) is 11.7 Å². The summed E-state index contributed by atoms with van der Waals surface area (Å²) in [6.45, 7) is 0. The summed E-state index contributed by atoms with van der Waals surface area (Å²) in [4.78, 5) is 27.7. The maximum Gasteiger partial charge on any atom is 0.354 e. The number of rotatable bonds is 1. The number of aromatic nitrogens is 3. The van der Waals surface area contributed by atoms with E-state index in [0.717, 1.165) is 0 Å². The highest BCUT2D eigenvalue weighted by atomic mass is 16.4. The largest absolute Gasteiger partial charge is 0.477 e. The van der Waals surface area contributed by atoms with Crippen molar-refractivity contribution in [3.8, 4) is 0 Å². The monoisotopic (exact) mass is 179 g/mol. The molecule has 0 radical (unpaired) electrons. The number of aromatic carboxylic acids is 1. The summed E-state index contributed by atoms with van der Waals surface area (Å²) >= 11 is 0. The molecule has 0 bridgehead atoms. The topological polar surface area (TPSA) is 87.5 Å². The Bertz CT molecular complexity index is 525. The number of carboxylic acid groups (broad SMARTS) is 1. The molecule has 6 nitrogen and oxygen atoms in total. The van der Waals surface area contributed by atoms with Crippen molar-refractivity contribution in [3.63, 3.8) is 0 Å². The van der Waals surface area contributed by atoms with Crippen molar-refractivity contribution in [1.82, 2.24) is 14.4 Å². The van der Waals surface area contributed by atoms with Crippen LogP contribution in [0, 0.1) is 0 Å². The summed E-state index contributed by atoms with van der Waals surface area (Å²) in [5.41, 5.74) is -0.354. The first-order valence-electron chi connectivity index (χ1n) is 3.48. The molecule has 13 heavy (non-hydrogen) atoms. The third kappa shape index (κ3) is 0.994. The fourth-order valence-corrected chi connectivity index (χ4v) is 1.12. The van der Waals surface area contributed by atoms with Gasteiger partial charge in [0.25, 0.3) is 0 Å². The Hall–Kier alpha value is -2.11. The molecule has 0 aliphatic carbocycles. The van der Waals surface area contributed by atoms with Crippen molar-refractivity contribution in [2.45, 2.75) is 0 Å². The lowest BCUT2D eigenvalue weighted by Crippen LogP contribution is -2.08. The van der Waals surface area contributed by atoms with E-state index in [0.29, 0.717) is 0 Å². The molecule has 0 aromatic carbocycles. The molecule has 2 aromatic rings. The Morgan fingerprint density at radius 1 is 1.62 bits per heavy atom. The van der Waals surface area contributed by atoms with Gasteiger partial charge in [-0.3, -0.25) is 14.4 Å². The molecule has 0 fully saturated rings. The van der Waals surface area contributed by atoms with Gasteiger partial charge >= 0.3 is 11.7 Å². The minimum Gasteiger partial charge on any atom is -0.477 e. The van der Waals surface area contributed by atoms with E-state index in [1.54, 1.807) is 0 Å². The van der Waals surface area contributed by atoms with Gasteiger partial charge in [-0.05, 0) is 0 Å². The van der Waals surface area contributed by atoms with Crippen molar-refractivity contribution >= 4 is 11.5 Å². The number of hydrogen-bond donors (Lipinski definition) is 2. The van der Waals surface area contributed by atoms with E-state index in [-0.39, 0.29) is 11.2 Å². The summed E-state index contributed by atoms with van der Waals surface area (Å²) < 4.78 is 1.19. The number of carboxylic acids is 1. The SMILES string of the molecule is O=C(O)c1[nH]c(=O)n2ccncc12. The zero-order valence-corrected chi connectivity index (χ0v) is 6.39. The molecule has 0 unspecified atom stereocenters. The average molecular weight is 179 g/mol. The van der Waals surface area contributed by atoms with Crippen LogP contribution in [0.5, 0.6) is 0 Å². The van der Waals surface area contributed by atoms with Crippen molar-refractivity contribution in [2.24, 2.45) is 0 Å². The standard InChI is InChI=1S/C7H5N3O3/c11-6(12)5-4-3-8-1-2-10(4)7(13)9-5/h1-3H,(H,9,13)(H,11,12). The second-order valence-corrected chi connectivity index (χ2v) is 2.44. The number of imidazole rings is 1. The van der Waals surface area contributed by atoms with Crippen LogP contribution in [-0.2, 0) is 0 Å². The minimum atomic E-state index is -1.17. The average Bonchev–Trinajstić information content (AvgIpc) is 2.45. The molecule has 66 valence electrons. The lowest BCUT2D eigenvalue weighted by Gasteiger charge is -1.90. The minimum absolute atomic E-state index is 0.141. The highest BCUT2D eigenvalue weighted by molar-refractivity contribution is 5.93. The number of aromatic amines is 1. The number of hydrogen-bond acceptors (Lipinski definition) is 3. The molecule has 0 saturated carbocycles. The molecular formula is C7H5N3O3. The Morgan fingerprint density at radius 3 is 3.08 bits per heavy atom. The summed E-state index contributed by atoms with van der Waals surface area (Å²) in [6, 6.07) is 0. The van der Waals surface area contributed by atoms with Crippen LogP contribution in [0.1, 0.15) is 10.5 Å². The van der Waals surface area contributed by atoms with Crippen molar-refractivity contribution in [3.05, 3.63) is 34.8 Å². The van der Waals surface area contributed by atoms with Gasteiger partial charge < -0.3 is 5.11 Å². The third-order valence-electron chi connectivity index (χ3n) is 1.68. The van der Waals surface area contributed by atoms with Crippen LogP contribution in [-0.4, -0.2) is 25.4 Å². The van der Waals surface area contributed by atoms with Crippen LogP contribution in [0.3, 0.4) is 0 Å². The Balaban J connectivity index is 2.94. The molecule has 0 spiro atoms. The highest BCUT2D eigenvalue weighted by Crippen LogP contribution is 2.03. The van der Waals surface area contributed by atoms with Crippen LogP contribution in [0.15, 0.2) is 23.4 Å². The molecule has 2 aromatic heterocycles. The predicted molar refractivity (Wildman–Crippen MR) is 42.8 cm³/mol. The van der Waals surface area contributed by atoms with Crippen LogP contribution in [0.25, 0.3) is 5.52 Å². The quantitative estimate of drug-likeness (QED) is 0.630. The number of nitrogens with zero attached hydrogens (tertiary/aromatic N) is 2. The van der Waals surface area contributed by atoms with E-state index >= 15 is 0 Å². The predicted octanol–water partition coefficient (Wildman–Crippen LogP) is -0.279. The van der Waals surface area contributed by atoms with Gasteiger partial charge in [0, 0.05) is 12.4 Å². The smallest absolute Gasteiger partial charge is 0.354 e. The maximum absolute atomic E-state index is 11.1. The van der Waals surface area contributed by atoms with Gasteiger partial charge in [-0.25, -0.2) is 9.59 Å². The summed E-state index contributed by atoms with van der Waals surface area (Å²) in [6.07, 6.45) is 4.13. The number of H-pyrrole nitrogens is 1. The fourth-order valence-electron chi connectivity index (χ4n) is 1.12. The van der Waals surface area contributed by atoms with E-state index in [1.807, 2.05) is 0 Å². The van der Waals surface area contributed by atoms with Gasteiger partial charge in [0.15, 0.2) is 5.69 Å². The van der Waals surface area contributed by atoms with Gasteiger partial charge in [-0.15, -0.1) is 0 Å². The summed E-state index contributed by atoms with van der Waals surface area (Å²) in [5, 5.41) is 8.68. The van der Waals surface area contributed by atoms with Crippen LogP contribution >= 0.6 is 0 Å². The Labute approximate surface area is 71.5 Å².